The van der Waals surface area contributed by atoms with Gasteiger partial charge in [0, 0.05) is 26.6 Å². The number of aromatic nitrogens is 1. The van der Waals surface area contributed by atoms with Crippen LogP contribution in [0.5, 0.6) is 11.5 Å². The van der Waals surface area contributed by atoms with E-state index in [0.29, 0.717) is 31.5 Å². The minimum atomic E-state index is -0.498. The second-order valence-corrected chi connectivity index (χ2v) is 7.50. The number of hydrogen-bond donors (Lipinski definition) is 1. The van der Waals surface area contributed by atoms with E-state index in [1.165, 1.54) is 29.5 Å². The molecule has 1 N–H and O–H groups in total. The van der Waals surface area contributed by atoms with Gasteiger partial charge in [0.05, 0.1) is 16.2 Å². The number of carbonyl (C=O) groups is 1. The quantitative estimate of drug-likeness (QED) is 0.329. The molecular weight excluding hydrogens is 485 g/mol. The van der Waals surface area contributed by atoms with E-state index in [0.717, 1.165) is 5.56 Å². The number of benzene rings is 2. The van der Waals surface area contributed by atoms with Crippen molar-refractivity contribution >= 4 is 50.7 Å². The third-order valence-corrected chi connectivity index (χ3v) is 5.45. The summed E-state index contributed by atoms with van der Waals surface area (Å²) in [6.45, 7) is 0.199. The molecular formula is C17H10IN3O5S. The fourth-order valence-electron chi connectivity index (χ4n) is 2.49. The van der Waals surface area contributed by atoms with Crippen molar-refractivity contribution in [2.75, 3.05) is 12.1 Å². The van der Waals surface area contributed by atoms with Gasteiger partial charge in [-0.25, -0.2) is 4.98 Å². The summed E-state index contributed by atoms with van der Waals surface area (Å²) in [7, 11) is 0. The Kier molecular flexibility index (Phi) is 4.66. The van der Waals surface area contributed by atoms with Gasteiger partial charge in [-0.3, -0.25) is 20.2 Å². The number of nitrogens with zero attached hydrogens (tertiary/aromatic N) is 2. The Morgan fingerprint density at radius 2 is 2.04 bits per heavy atom. The predicted octanol–water partition coefficient (Wildman–Crippen LogP) is 4.30. The van der Waals surface area contributed by atoms with Gasteiger partial charge in [0.1, 0.15) is 0 Å². The first-order chi connectivity index (χ1) is 13.0. The van der Waals surface area contributed by atoms with Gasteiger partial charge in [0.15, 0.2) is 16.6 Å². The molecule has 27 heavy (non-hydrogen) atoms. The first kappa shape index (κ1) is 17.7. The summed E-state index contributed by atoms with van der Waals surface area (Å²) < 4.78 is 11.1. The zero-order chi connectivity index (χ0) is 19.0. The molecule has 1 aliphatic rings. The van der Waals surface area contributed by atoms with Crippen LogP contribution in [0.1, 0.15) is 10.4 Å². The molecule has 8 nitrogen and oxygen atoms in total. The van der Waals surface area contributed by atoms with E-state index in [9.17, 15) is 14.9 Å². The van der Waals surface area contributed by atoms with Crippen molar-refractivity contribution in [2.45, 2.75) is 0 Å². The lowest BCUT2D eigenvalue weighted by Crippen LogP contribution is -2.13. The van der Waals surface area contributed by atoms with Crippen LogP contribution >= 0.6 is 33.9 Å². The Labute approximate surface area is 170 Å². The molecule has 0 saturated carbocycles. The van der Waals surface area contributed by atoms with Crippen LogP contribution in [0.4, 0.5) is 10.8 Å². The molecule has 1 amide bonds. The van der Waals surface area contributed by atoms with Gasteiger partial charge in [-0.15, -0.1) is 11.3 Å². The minimum Gasteiger partial charge on any atom is -0.454 e. The monoisotopic (exact) mass is 495 g/mol. The van der Waals surface area contributed by atoms with E-state index in [1.807, 2.05) is 46.2 Å². The maximum Gasteiger partial charge on any atom is 0.270 e. The molecule has 0 unspecified atom stereocenters. The van der Waals surface area contributed by atoms with E-state index in [4.69, 9.17) is 9.47 Å². The van der Waals surface area contributed by atoms with Gasteiger partial charge in [-0.1, -0.05) is 0 Å². The van der Waals surface area contributed by atoms with E-state index in [-0.39, 0.29) is 18.4 Å². The largest absolute Gasteiger partial charge is 0.454 e. The fraction of sp³-hybridized carbons (Fsp3) is 0.0588. The third-order valence-electron chi connectivity index (χ3n) is 3.80. The normalized spacial score (nSPS) is 12.0. The van der Waals surface area contributed by atoms with Crippen LogP contribution in [-0.4, -0.2) is 22.6 Å². The standard InChI is InChI=1S/C17H10IN3O5S/c18-12-6-10(21(23)24)2-3-11(12)16(22)20-17-19-13(7-27-17)9-1-4-14-15(5-9)26-8-25-14/h1-7H,8H2,(H,19,20,22). The summed E-state index contributed by atoms with van der Waals surface area (Å²) in [4.78, 5) is 27.2. The molecule has 0 saturated heterocycles. The topological polar surface area (TPSA) is 104 Å². The van der Waals surface area contributed by atoms with E-state index in [1.54, 1.807) is 0 Å². The van der Waals surface area contributed by atoms with Crippen LogP contribution in [0.3, 0.4) is 0 Å². The van der Waals surface area contributed by atoms with E-state index in [2.05, 4.69) is 10.3 Å². The molecule has 2 heterocycles. The molecule has 0 atom stereocenters. The molecule has 0 aliphatic carbocycles. The van der Waals surface area contributed by atoms with Gasteiger partial charge < -0.3 is 9.47 Å². The van der Waals surface area contributed by atoms with Crippen LogP contribution in [-0.2, 0) is 0 Å². The van der Waals surface area contributed by atoms with Crippen LogP contribution in [0.25, 0.3) is 11.3 Å². The Morgan fingerprint density at radius 3 is 2.81 bits per heavy atom. The van der Waals surface area contributed by atoms with Gasteiger partial charge in [-0.05, 0) is 46.9 Å². The highest BCUT2D eigenvalue weighted by molar-refractivity contribution is 14.1. The smallest absolute Gasteiger partial charge is 0.270 e. The first-order valence-corrected chi connectivity index (χ1v) is 9.58. The number of nitro groups is 1. The SMILES string of the molecule is O=C(Nc1nc(-c2ccc3c(c2)OCO3)cs1)c1ccc([N+](=O)[O-])cc1I. The molecule has 1 aromatic heterocycles. The minimum absolute atomic E-state index is 0.0599. The summed E-state index contributed by atoms with van der Waals surface area (Å²) in [5, 5.41) is 15.8. The van der Waals surface area contributed by atoms with Crippen molar-refractivity contribution in [1.29, 1.82) is 0 Å². The third kappa shape index (κ3) is 3.57. The molecule has 0 fully saturated rings. The van der Waals surface area contributed by atoms with Crippen molar-refractivity contribution < 1.29 is 19.2 Å². The molecule has 4 rings (SSSR count). The lowest BCUT2D eigenvalue weighted by atomic mass is 10.1. The molecule has 136 valence electrons. The highest BCUT2D eigenvalue weighted by Crippen LogP contribution is 2.36. The fourth-order valence-corrected chi connectivity index (χ4v) is 3.94. The van der Waals surface area contributed by atoms with Crippen molar-refractivity contribution in [2.24, 2.45) is 0 Å². The van der Waals surface area contributed by atoms with Gasteiger partial charge in [-0.2, -0.15) is 0 Å². The van der Waals surface area contributed by atoms with Gasteiger partial charge >= 0.3 is 0 Å². The number of rotatable bonds is 4. The Bertz CT molecular complexity index is 1070. The summed E-state index contributed by atoms with van der Waals surface area (Å²) in [5.74, 6) is 0.975. The Morgan fingerprint density at radius 1 is 1.22 bits per heavy atom. The number of nitrogens with one attached hydrogen (secondary N) is 1. The molecule has 1 aliphatic heterocycles. The van der Waals surface area contributed by atoms with Crippen molar-refractivity contribution in [3.8, 4) is 22.8 Å². The number of fused-ring (bicyclic) bond motifs is 1. The van der Waals surface area contributed by atoms with Crippen LogP contribution in [0, 0.1) is 13.7 Å². The molecule has 2 aromatic carbocycles. The predicted molar refractivity (Wildman–Crippen MR) is 107 cm³/mol. The molecule has 10 heteroatoms. The number of anilines is 1. The summed E-state index contributed by atoms with van der Waals surface area (Å²) in [5.41, 5.74) is 1.84. The molecule has 0 spiro atoms. The first-order valence-electron chi connectivity index (χ1n) is 7.62. The zero-order valence-corrected chi connectivity index (χ0v) is 16.4. The van der Waals surface area contributed by atoms with Crippen molar-refractivity contribution in [3.05, 3.63) is 61.0 Å². The highest BCUT2D eigenvalue weighted by atomic mass is 127. The number of ether oxygens (including phenoxy) is 2. The van der Waals surface area contributed by atoms with Crippen molar-refractivity contribution in [1.82, 2.24) is 4.98 Å². The van der Waals surface area contributed by atoms with Crippen LogP contribution in [0.15, 0.2) is 41.8 Å². The maximum atomic E-state index is 12.5. The average molecular weight is 495 g/mol. The lowest BCUT2D eigenvalue weighted by Gasteiger charge is -2.04. The number of hydrogen-bond acceptors (Lipinski definition) is 7. The van der Waals surface area contributed by atoms with Gasteiger partial charge in [0.25, 0.3) is 11.6 Å². The number of carbonyl (C=O) groups excluding carboxylic acids is 1. The number of thiazole rings is 1. The Hall–Kier alpha value is -2.73. The number of nitro benzene ring substituents is 1. The zero-order valence-electron chi connectivity index (χ0n) is 13.5. The number of non-ortho nitro benzene ring substituents is 1. The summed E-state index contributed by atoms with van der Waals surface area (Å²) >= 11 is 3.19. The lowest BCUT2D eigenvalue weighted by molar-refractivity contribution is -0.384. The van der Waals surface area contributed by atoms with Crippen LogP contribution in [0.2, 0.25) is 0 Å². The second kappa shape index (κ2) is 7.12. The van der Waals surface area contributed by atoms with Crippen LogP contribution < -0.4 is 14.8 Å². The second-order valence-electron chi connectivity index (χ2n) is 5.48. The summed E-state index contributed by atoms with van der Waals surface area (Å²) in [6, 6.07) is 9.61. The highest BCUT2D eigenvalue weighted by Gasteiger charge is 2.18. The molecule has 3 aromatic rings. The maximum absolute atomic E-state index is 12.5. The van der Waals surface area contributed by atoms with E-state index >= 15 is 0 Å². The molecule has 0 bridgehead atoms. The summed E-state index contributed by atoms with van der Waals surface area (Å²) in [6.07, 6.45) is 0. The molecule has 0 radical (unpaired) electrons. The number of amides is 1. The number of halogens is 1. The van der Waals surface area contributed by atoms with E-state index < -0.39 is 4.92 Å². The van der Waals surface area contributed by atoms with Crippen molar-refractivity contribution in [3.63, 3.8) is 0 Å². The Balaban J connectivity index is 1.52. The van der Waals surface area contributed by atoms with Gasteiger partial charge in [0.2, 0.25) is 6.79 Å². The average Bonchev–Trinajstić information content (AvgIpc) is 3.29.